The Morgan fingerprint density at radius 2 is 0.630 bits per heavy atom. The highest BCUT2D eigenvalue weighted by Crippen LogP contribution is 2.48. The second kappa shape index (κ2) is 19.6. The largest absolute Gasteiger partial charge is 0.308 e. The van der Waals surface area contributed by atoms with Gasteiger partial charge in [0.05, 0.1) is 44.7 Å². The molecule has 19 aromatic rings. The van der Waals surface area contributed by atoms with Gasteiger partial charge in [0, 0.05) is 43.1 Å². The lowest BCUT2D eigenvalue weighted by atomic mass is 9.87. The quantitative estimate of drug-likeness (QED) is 0.133. The molecule has 0 aliphatic heterocycles. The zero-order chi connectivity index (χ0) is 61.5. The Morgan fingerprint density at radius 1 is 0.272 bits per heavy atom. The number of fused-ring (bicyclic) bond motifs is 20. The van der Waals surface area contributed by atoms with Crippen LogP contribution in [0.15, 0.2) is 237 Å². The second-order valence-corrected chi connectivity index (χ2v) is 27.7. The van der Waals surface area contributed by atoms with Crippen molar-refractivity contribution in [3.63, 3.8) is 0 Å². The molecule has 0 aliphatic rings. The van der Waals surface area contributed by atoms with E-state index in [1.165, 1.54) is 185 Å². The van der Waals surface area contributed by atoms with Crippen LogP contribution in [0.3, 0.4) is 0 Å². The van der Waals surface area contributed by atoms with Crippen LogP contribution in [-0.4, -0.2) is 8.80 Å². The minimum absolute atomic E-state index is 0.379. The molecule has 3 heteroatoms. The minimum atomic E-state index is 0.379. The molecule has 436 valence electrons. The standard InChI is InChI=1S/C89H65N3/c1-49(2)55-16-20-63-44-84-76(36-68(63)30-55)80-40-72(61-25-24-59-29-53(48-90)13-14-60(59)34-61)41-81-78-38-70-32-57(18-22-65(70)46-86(78)91(84)88(80)81)51(5)11-12-52(6)58-19-23-66-47-87-79(39-71(66)33-58)83-43-73(62-27-28-75-67(35-62)26-15-54-9-7-8-10-74(54)75)42-82-77-37-69-31-56(50(3)4)17-21-64(69)45-85(77)92(87)89(82)83/h7-10,13-47,49-52H,11-12H2,1-6H3. The van der Waals surface area contributed by atoms with E-state index >= 15 is 0 Å². The lowest BCUT2D eigenvalue weighted by molar-refractivity contribution is 0.574. The molecule has 2 unspecified atom stereocenters. The summed E-state index contributed by atoms with van der Waals surface area (Å²) in [6.07, 6.45) is 2.17. The third kappa shape index (κ3) is 7.93. The number of hydrogen-bond acceptors (Lipinski definition) is 1. The van der Waals surface area contributed by atoms with Gasteiger partial charge in [0.1, 0.15) is 0 Å². The summed E-state index contributed by atoms with van der Waals surface area (Å²) in [4.78, 5) is 0. The number of nitrogens with zero attached hydrogens (tertiary/aromatic N) is 3. The Bertz CT molecular complexity index is 6440. The number of hydrogen-bond donors (Lipinski definition) is 0. The van der Waals surface area contributed by atoms with E-state index in [-0.39, 0.29) is 0 Å². The van der Waals surface area contributed by atoms with E-state index in [0.29, 0.717) is 29.2 Å². The van der Waals surface area contributed by atoms with Gasteiger partial charge in [-0.1, -0.05) is 181 Å². The van der Waals surface area contributed by atoms with Crippen molar-refractivity contribution in [2.24, 2.45) is 0 Å². The van der Waals surface area contributed by atoms with E-state index in [4.69, 9.17) is 0 Å². The Hall–Kier alpha value is -10.8. The number of rotatable bonds is 9. The van der Waals surface area contributed by atoms with Crippen LogP contribution in [0.4, 0.5) is 0 Å². The maximum Gasteiger partial charge on any atom is 0.0991 e. The molecule has 92 heavy (non-hydrogen) atoms. The average molecular weight is 1180 g/mol. The van der Waals surface area contributed by atoms with Crippen LogP contribution < -0.4 is 0 Å². The third-order valence-corrected chi connectivity index (χ3v) is 21.6. The molecule has 4 aromatic heterocycles. The van der Waals surface area contributed by atoms with Crippen molar-refractivity contribution in [1.82, 2.24) is 8.80 Å². The van der Waals surface area contributed by atoms with Gasteiger partial charge in [0.2, 0.25) is 0 Å². The van der Waals surface area contributed by atoms with Crippen molar-refractivity contribution in [2.45, 2.75) is 78.1 Å². The lowest BCUT2D eigenvalue weighted by Crippen LogP contribution is -1.99. The predicted octanol–water partition coefficient (Wildman–Crippen LogP) is 25.2. The van der Waals surface area contributed by atoms with Gasteiger partial charge < -0.3 is 8.80 Å². The molecule has 0 aliphatic carbocycles. The molecule has 15 aromatic carbocycles. The molecule has 4 heterocycles. The highest BCUT2D eigenvalue weighted by Gasteiger charge is 2.24. The summed E-state index contributed by atoms with van der Waals surface area (Å²) in [6.45, 7) is 14.0. The van der Waals surface area contributed by atoms with Gasteiger partial charge in [0.25, 0.3) is 0 Å². The Kier molecular flexibility index (Phi) is 11.3. The van der Waals surface area contributed by atoms with Gasteiger partial charge in [-0.3, -0.25) is 0 Å². The van der Waals surface area contributed by atoms with E-state index in [0.717, 1.165) is 23.6 Å². The van der Waals surface area contributed by atoms with E-state index in [1.54, 1.807) is 0 Å². The van der Waals surface area contributed by atoms with Crippen molar-refractivity contribution in [3.8, 4) is 28.3 Å². The van der Waals surface area contributed by atoms with Crippen molar-refractivity contribution in [1.29, 1.82) is 5.26 Å². The maximum absolute atomic E-state index is 9.66. The first-order valence-electron chi connectivity index (χ1n) is 33.1. The molecule has 3 nitrogen and oxygen atoms in total. The Labute approximate surface area is 533 Å². The maximum atomic E-state index is 9.66. The number of aromatic nitrogens is 2. The fraction of sp³-hybridized carbons (Fsp3) is 0.135. The zero-order valence-corrected chi connectivity index (χ0v) is 52.6. The highest BCUT2D eigenvalue weighted by molar-refractivity contribution is 6.29. The topological polar surface area (TPSA) is 32.6 Å². The first-order valence-corrected chi connectivity index (χ1v) is 33.1. The van der Waals surface area contributed by atoms with Gasteiger partial charge in [-0.05, 0) is 253 Å². The van der Waals surface area contributed by atoms with Gasteiger partial charge in [-0.15, -0.1) is 0 Å². The molecule has 0 saturated heterocycles. The molecular formula is C89H65N3. The molecule has 0 radical (unpaired) electrons. The van der Waals surface area contributed by atoms with Crippen LogP contribution in [-0.2, 0) is 0 Å². The van der Waals surface area contributed by atoms with Gasteiger partial charge in [0.15, 0.2) is 0 Å². The van der Waals surface area contributed by atoms with Crippen LogP contribution in [0.2, 0.25) is 0 Å². The summed E-state index contributed by atoms with van der Waals surface area (Å²) in [7, 11) is 0. The molecular weight excluding hydrogens is 1110 g/mol. The van der Waals surface area contributed by atoms with Crippen LogP contribution in [0, 0.1) is 11.3 Å². The molecule has 0 amide bonds. The van der Waals surface area contributed by atoms with Gasteiger partial charge in [-0.2, -0.15) is 5.26 Å². The van der Waals surface area contributed by atoms with E-state index in [9.17, 15) is 5.26 Å². The smallest absolute Gasteiger partial charge is 0.0991 e. The van der Waals surface area contributed by atoms with Crippen molar-refractivity contribution < 1.29 is 0 Å². The molecule has 0 bridgehead atoms. The highest BCUT2D eigenvalue weighted by atomic mass is 14.9. The molecule has 2 atom stereocenters. The summed E-state index contributed by atoms with van der Waals surface area (Å²) in [5.41, 5.74) is 18.7. The minimum Gasteiger partial charge on any atom is -0.308 e. The third-order valence-electron chi connectivity index (χ3n) is 21.6. The van der Waals surface area contributed by atoms with Crippen LogP contribution in [0.25, 0.3) is 174 Å². The number of nitriles is 1. The number of benzene rings is 15. The van der Waals surface area contributed by atoms with Crippen molar-refractivity contribution >= 4 is 152 Å². The average Bonchev–Trinajstić information content (AvgIpc) is 1.54. The monoisotopic (exact) mass is 1180 g/mol. The Balaban J connectivity index is 0.677. The summed E-state index contributed by atoms with van der Waals surface area (Å²) in [5.74, 6) is 1.67. The zero-order valence-electron chi connectivity index (χ0n) is 52.6. The predicted molar refractivity (Wildman–Crippen MR) is 395 cm³/mol. The summed E-state index contributed by atoms with van der Waals surface area (Å²) in [6, 6.07) is 93.3. The van der Waals surface area contributed by atoms with Gasteiger partial charge in [-0.25, -0.2) is 0 Å². The van der Waals surface area contributed by atoms with Crippen molar-refractivity contribution in [3.05, 3.63) is 264 Å². The molecule has 0 saturated carbocycles. The molecule has 0 N–H and O–H groups in total. The summed E-state index contributed by atoms with van der Waals surface area (Å²) >= 11 is 0. The molecule has 19 rings (SSSR count). The fourth-order valence-electron chi connectivity index (χ4n) is 16.3. The SMILES string of the molecule is CC(C)c1ccc2cc3c(cc2c1)c1cc(-c2ccc4cc(C#N)ccc4c2)cc2c4cc5cc(C(C)CCC(C)c6ccc7cc8c(cc7c6)c6cc(-c7ccc9c(ccc%10ccccc%109)c7)cc7c9cc%10cc(C(C)C)ccc%10cc9n8c76)ccc5cc4n3c12. The first kappa shape index (κ1) is 53.1. The van der Waals surface area contributed by atoms with E-state index in [2.05, 4.69) is 281 Å². The summed E-state index contributed by atoms with van der Waals surface area (Å²) in [5, 5.41) is 37.6. The van der Waals surface area contributed by atoms with Crippen LogP contribution in [0.5, 0.6) is 0 Å². The lowest BCUT2D eigenvalue weighted by Gasteiger charge is -2.17. The Morgan fingerprint density at radius 3 is 1.10 bits per heavy atom. The first-order chi connectivity index (χ1) is 44.9. The van der Waals surface area contributed by atoms with E-state index < -0.39 is 0 Å². The van der Waals surface area contributed by atoms with Gasteiger partial charge >= 0.3 is 0 Å². The van der Waals surface area contributed by atoms with Crippen LogP contribution in [0.1, 0.15) is 106 Å². The molecule has 0 fully saturated rings. The van der Waals surface area contributed by atoms with Crippen LogP contribution >= 0.6 is 0 Å². The summed E-state index contributed by atoms with van der Waals surface area (Å²) < 4.78 is 5.11. The van der Waals surface area contributed by atoms with E-state index in [1.807, 2.05) is 12.1 Å². The van der Waals surface area contributed by atoms with Crippen molar-refractivity contribution in [2.75, 3.05) is 0 Å². The molecule has 0 spiro atoms. The fourth-order valence-corrected chi connectivity index (χ4v) is 16.3. The normalized spacial score (nSPS) is 13.3. The second-order valence-electron chi connectivity index (χ2n) is 27.7.